The monoisotopic (exact) mass is 352 g/mol. The summed E-state index contributed by atoms with van der Waals surface area (Å²) in [4.78, 5) is 2.44. The van der Waals surface area contributed by atoms with Gasteiger partial charge in [0.25, 0.3) is 0 Å². The van der Waals surface area contributed by atoms with Crippen LogP contribution in [0.5, 0.6) is 11.5 Å². The van der Waals surface area contributed by atoms with Crippen LogP contribution in [0.25, 0.3) is 0 Å². The molecule has 1 aliphatic heterocycles. The van der Waals surface area contributed by atoms with E-state index >= 15 is 0 Å². The van der Waals surface area contributed by atoms with Gasteiger partial charge in [0.1, 0.15) is 6.61 Å². The third kappa shape index (κ3) is 4.65. The summed E-state index contributed by atoms with van der Waals surface area (Å²) in [7, 11) is 0. The van der Waals surface area contributed by atoms with E-state index in [1.54, 1.807) is 0 Å². The molecule has 3 rings (SSSR count). The Labute approximate surface area is 156 Å². The number of hydrogen-bond donors (Lipinski definition) is 1. The number of piperazine rings is 1. The predicted octanol–water partition coefficient (Wildman–Crippen LogP) is 3.80. The second-order valence-electron chi connectivity index (χ2n) is 6.38. The Morgan fingerprint density at radius 1 is 1.08 bits per heavy atom. The van der Waals surface area contributed by atoms with Crippen LogP contribution < -0.4 is 14.8 Å². The van der Waals surface area contributed by atoms with Gasteiger partial charge in [-0.25, -0.2) is 0 Å². The van der Waals surface area contributed by atoms with E-state index in [0.717, 1.165) is 43.2 Å². The van der Waals surface area contributed by atoms with Crippen molar-refractivity contribution in [2.45, 2.75) is 19.6 Å². The van der Waals surface area contributed by atoms with E-state index in [9.17, 15) is 0 Å². The van der Waals surface area contributed by atoms with Gasteiger partial charge < -0.3 is 14.8 Å². The normalized spacial score (nSPS) is 16.0. The van der Waals surface area contributed by atoms with Crippen LogP contribution in [-0.4, -0.2) is 37.7 Å². The van der Waals surface area contributed by atoms with Crippen molar-refractivity contribution in [1.29, 1.82) is 0 Å². The number of nitrogens with zero attached hydrogens (tertiary/aromatic N) is 1. The molecule has 1 N–H and O–H groups in total. The number of nitrogens with one attached hydrogen (secondary N) is 1. The Bertz CT molecular complexity index is 697. The van der Waals surface area contributed by atoms with Crippen molar-refractivity contribution in [2.24, 2.45) is 0 Å². The molecule has 0 unspecified atom stereocenters. The molecule has 0 spiro atoms. The van der Waals surface area contributed by atoms with Gasteiger partial charge >= 0.3 is 0 Å². The summed E-state index contributed by atoms with van der Waals surface area (Å²) in [5.41, 5.74) is 2.33. The first-order valence-corrected chi connectivity index (χ1v) is 9.32. The van der Waals surface area contributed by atoms with Crippen LogP contribution in [0.3, 0.4) is 0 Å². The Balaban J connectivity index is 1.77. The molecule has 0 saturated carbocycles. The molecule has 4 heteroatoms. The molecule has 1 saturated heterocycles. The summed E-state index contributed by atoms with van der Waals surface area (Å²) in [6.45, 7) is 11.3. The van der Waals surface area contributed by atoms with Crippen LogP contribution in [0.2, 0.25) is 0 Å². The molecule has 26 heavy (non-hydrogen) atoms. The van der Waals surface area contributed by atoms with Crippen molar-refractivity contribution in [3.05, 3.63) is 72.3 Å². The van der Waals surface area contributed by atoms with Gasteiger partial charge in [-0.1, -0.05) is 42.5 Å². The van der Waals surface area contributed by atoms with Crippen molar-refractivity contribution in [3.63, 3.8) is 0 Å². The van der Waals surface area contributed by atoms with Gasteiger partial charge in [0.05, 0.1) is 12.6 Å². The first-order valence-electron chi connectivity index (χ1n) is 9.32. The molecule has 2 aromatic rings. The maximum Gasteiger partial charge on any atom is 0.161 e. The predicted molar refractivity (Wildman–Crippen MR) is 106 cm³/mol. The molecule has 2 aromatic carbocycles. The van der Waals surface area contributed by atoms with Crippen molar-refractivity contribution < 1.29 is 9.47 Å². The van der Waals surface area contributed by atoms with Crippen LogP contribution in [-0.2, 0) is 6.61 Å². The summed E-state index contributed by atoms with van der Waals surface area (Å²) in [5, 5.41) is 3.40. The quantitative estimate of drug-likeness (QED) is 0.733. The Morgan fingerprint density at radius 2 is 1.85 bits per heavy atom. The van der Waals surface area contributed by atoms with E-state index in [-0.39, 0.29) is 6.04 Å². The lowest BCUT2D eigenvalue weighted by Crippen LogP contribution is -2.44. The maximum absolute atomic E-state index is 6.02. The van der Waals surface area contributed by atoms with Crippen LogP contribution in [0.4, 0.5) is 0 Å². The molecular weight excluding hydrogens is 324 g/mol. The molecule has 0 amide bonds. The first kappa shape index (κ1) is 18.5. The topological polar surface area (TPSA) is 33.7 Å². The molecule has 138 valence electrons. The van der Waals surface area contributed by atoms with E-state index < -0.39 is 0 Å². The van der Waals surface area contributed by atoms with Gasteiger partial charge in [-0.2, -0.15) is 0 Å². The highest BCUT2D eigenvalue weighted by Gasteiger charge is 2.20. The van der Waals surface area contributed by atoms with Crippen LogP contribution in [0.1, 0.15) is 24.1 Å². The molecule has 0 bridgehead atoms. The molecule has 1 fully saturated rings. The summed E-state index contributed by atoms with van der Waals surface area (Å²) in [6.07, 6.45) is 2.01. The number of benzene rings is 2. The van der Waals surface area contributed by atoms with Crippen LogP contribution >= 0.6 is 0 Å². The minimum atomic E-state index is 0.194. The average Bonchev–Trinajstić information content (AvgIpc) is 2.70. The molecule has 0 radical (unpaired) electrons. The Hall–Kier alpha value is -2.30. The fourth-order valence-electron chi connectivity index (χ4n) is 3.29. The molecule has 1 aliphatic rings. The fraction of sp³-hybridized carbons (Fsp3) is 0.364. The van der Waals surface area contributed by atoms with E-state index in [4.69, 9.17) is 9.47 Å². The van der Waals surface area contributed by atoms with Crippen molar-refractivity contribution in [3.8, 4) is 11.5 Å². The highest BCUT2D eigenvalue weighted by molar-refractivity contribution is 5.45. The van der Waals surface area contributed by atoms with Gasteiger partial charge in [-0.3, -0.25) is 4.90 Å². The lowest BCUT2D eigenvalue weighted by molar-refractivity contribution is 0.202. The Kier molecular flexibility index (Phi) is 6.69. The molecule has 1 heterocycles. The molecule has 1 atom stereocenters. The highest BCUT2D eigenvalue weighted by Crippen LogP contribution is 2.33. The number of ether oxygens (including phenoxy) is 2. The second-order valence-corrected chi connectivity index (χ2v) is 6.38. The molecule has 0 aromatic heterocycles. The van der Waals surface area contributed by atoms with Crippen LogP contribution in [0.15, 0.2) is 61.2 Å². The summed E-state index contributed by atoms with van der Waals surface area (Å²) in [6, 6.07) is 16.6. The Morgan fingerprint density at radius 3 is 2.54 bits per heavy atom. The van der Waals surface area contributed by atoms with Crippen molar-refractivity contribution in [2.75, 3.05) is 32.8 Å². The molecular formula is C22H28N2O2. The maximum atomic E-state index is 6.02. The largest absolute Gasteiger partial charge is 0.490 e. The third-order valence-electron chi connectivity index (χ3n) is 4.61. The fourth-order valence-corrected chi connectivity index (χ4v) is 3.29. The van der Waals surface area contributed by atoms with E-state index in [0.29, 0.717) is 13.2 Å². The van der Waals surface area contributed by atoms with Gasteiger partial charge in [0.2, 0.25) is 0 Å². The second kappa shape index (κ2) is 9.41. The zero-order valence-electron chi connectivity index (χ0n) is 15.5. The van der Waals surface area contributed by atoms with E-state index in [1.807, 2.05) is 37.3 Å². The number of rotatable bonds is 8. The van der Waals surface area contributed by atoms with E-state index in [1.165, 1.54) is 5.56 Å². The molecule has 0 aliphatic carbocycles. The molecule has 4 nitrogen and oxygen atoms in total. The van der Waals surface area contributed by atoms with Crippen molar-refractivity contribution in [1.82, 2.24) is 10.2 Å². The standard InChI is InChI=1S/C22H28N2O2/c1-3-20(24-14-12-23-13-15-24)19-10-11-21(22(16-19)25-4-2)26-17-18-8-6-5-7-9-18/h3,5-11,16,20,23H,1,4,12-15,17H2,2H3/t20-/m0/s1. The summed E-state index contributed by atoms with van der Waals surface area (Å²) in [5.74, 6) is 1.57. The minimum Gasteiger partial charge on any atom is -0.490 e. The van der Waals surface area contributed by atoms with Gasteiger partial charge in [0, 0.05) is 26.2 Å². The van der Waals surface area contributed by atoms with Crippen LogP contribution in [0, 0.1) is 0 Å². The van der Waals surface area contributed by atoms with Gasteiger partial charge in [-0.15, -0.1) is 6.58 Å². The lowest BCUT2D eigenvalue weighted by atomic mass is 10.0. The van der Waals surface area contributed by atoms with E-state index in [2.05, 4.69) is 41.1 Å². The first-order chi connectivity index (χ1) is 12.8. The third-order valence-corrected chi connectivity index (χ3v) is 4.61. The smallest absolute Gasteiger partial charge is 0.161 e. The summed E-state index contributed by atoms with van der Waals surface area (Å²) < 4.78 is 11.9. The average molecular weight is 352 g/mol. The van der Waals surface area contributed by atoms with Gasteiger partial charge in [-0.05, 0) is 30.2 Å². The summed E-state index contributed by atoms with van der Waals surface area (Å²) >= 11 is 0. The number of hydrogen-bond acceptors (Lipinski definition) is 4. The van der Waals surface area contributed by atoms with Gasteiger partial charge in [0.15, 0.2) is 11.5 Å². The highest BCUT2D eigenvalue weighted by atomic mass is 16.5. The SMILES string of the molecule is C=C[C@@H](c1ccc(OCc2ccccc2)c(OCC)c1)N1CCNCC1. The van der Waals surface area contributed by atoms with Crippen molar-refractivity contribution >= 4 is 0 Å². The minimum absolute atomic E-state index is 0.194. The lowest BCUT2D eigenvalue weighted by Gasteiger charge is -2.33. The zero-order valence-corrected chi connectivity index (χ0v) is 15.5. The zero-order chi connectivity index (χ0) is 18.2.